The number of amides is 1. The van der Waals surface area contributed by atoms with Gasteiger partial charge in [0.15, 0.2) is 0 Å². The highest BCUT2D eigenvalue weighted by Crippen LogP contribution is 2.26. The van der Waals surface area contributed by atoms with Gasteiger partial charge in [-0.05, 0) is 42.7 Å². The molecule has 1 amide bonds. The van der Waals surface area contributed by atoms with E-state index in [4.69, 9.17) is 0 Å². The van der Waals surface area contributed by atoms with Crippen molar-refractivity contribution in [1.82, 2.24) is 14.9 Å². The number of aromatic amines is 1. The Morgan fingerprint density at radius 2 is 2.15 bits per heavy atom. The topological polar surface area (TPSA) is 66.1 Å². The number of pyridine rings is 2. The maximum atomic E-state index is 13.3. The standard InChI is InChI=1S/C21H20FN3O2/c22-17-7-1-4-14(10-17)11-19(26)25-9-3-6-16(13-25)18-12-15-5-2-8-23-20(15)21(27)24-18/h1-2,4-5,7-8,10,12,16H,3,6,9,11,13H2,(H,24,27). The zero-order valence-corrected chi connectivity index (χ0v) is 14.8. The van der Waals surface area contributed by atoms with E-state index < -0.39 is 0 Å². The van der Waals surface area contributed by atoms with Crippen LogP contribution in [0, 0.1) is 5.82 Å². The molecule has 2 aromatic heterocycles. The molecule has 6 heteroatoms. The summed E-state index contributed by atoms with van der Waals surface area (Å²) in [4.78, 5) is 33.8. The normalized spacial score (nSPS) is 17.2. The van der Waals surface area contributed by atoms with Gasteiger partial charge in [-0.25, -0.2) is 4.39 Å². The zero-order chi connectivity index (χ0) is 18.8. The summed E-state index contributed by atoms with van der Waals surface area (Å²) in [5.74, 6) is -0.276. The van der Waals surface area contributed by atoms with E-state index in [9.17, 15) is 14.0 Å². The van der Waals surface area contributed by atoms with Crippen molar-refractivity contribution in [2.75, 3.05) is 13.1 Å². The summed E-state index contributed by atoms with van der Waals surface area (Å²) in [6.07, 6.45) is 3.56. The van der Waals surface area contributed by atoms with Crippen LogP contribution in [-0.4, -0.2) is 33.9 Å². The number of hydrogen-bond donors (Lipinski definition) is 1. The Morgan fingerprint density at radius 3 is 3.00 bits per heavy atom. The molecular formula is C21H20FN3O2. The van der Waals surface area contributed by atoms with E-state index in [2.05, 4.69) is 9.97 Å². The first-order valence-corrected chi connectivity index (χ1v) is 9.10. The highest BCUT2D eigenvalue weighted by atomic mass is 19.1. The van der Waals surface area contributed by atoms with E-state index in [0.717, 1.165) is 23.9 Å². The van der Waals surface area contributed by atoms with Crippen molar-refractivity contribution in [3.63, 3.8) is 0 Å². The third-order valence-electron chi connectivity index (χ3n) is 5.08. The lowest BCUT2D eigenvalue weighted by Gasteiger charge is -2.33. The first kappa shape index (κ1) is 17.4. The molecule has 1 atom stereocenters. The fraction of sp³-hybridized carbons (Fsp3) is 0.286. The summed E-state index contributed by atoms with van der Waals surface area (Å²) >= 11 is 0. The third kappa shape index (κ3) is 3.74. The number of H-pyrrole nitrogens is 1. The van der Waals surface area contributed by atoms with Crippen LogP contribution in [-0.2, 0) is 11.2 Å². The first-order valence-electron chi connectivity index (χ1n) is 9.10. The molecule has 0 aliphatic carbocycles. The van der Waals surface area contributed by atoms with Crippen LogP contribution in [0.2, 0.25) is 0 Å². The molecule has 1 aliphatic heterocycles. The second kappa shape index (κ2) is 7.31. The fourth-order valence-corrected chi connectivity index (χ4v) is 3.73. The van der Waals surface area contributed by atoms with E-state index in [0.29, 0.717) is 24.2 Å². The molecule has 0 bridgehead atoms. The van der Waals surface area contributed by atoms with Crippen LogP contribution >= 0.6 is 0 Å². The first-order chi connectivity index (χ1) is 13.1. The van der Waals surface area contributed by atoms with Crippen LogP contribution < -0.4 is 5.56 Å². The van der Waals surface area contributed by atoms with Crippen molar-refractivity contribution >= 4 is 16.8 Å². The van der Waals surface area contributed by atoms with Gasteiger partial charge in [0.2, 0.25) is 5.91 Å². The highest BCUT2D eigenvalue weighted by molar-refractivity contribution is 5.79. The van der Waals surface area contributed by atoms with Crippen LogP contribution in [0.4, 0.5) is 4.39 Å². The molecule has 27 heavy (non-hydrogen) atoms. The Bertz CT molecular complexity index is 1050. The molecule has 3 aromatic rings. The lowest BCUT2D eigenvalue weighted by Crippen LogP contribution is -2.40. The van der Waals surface area contributed by atoms with Gasteiger partial charge in [-0.3, -0.25) is 14.6 Å². The SMILES string of the molecule is O=C(Cc1cccc(F)c1)N1CCCC(c2cc3cccnc3c(=O)[nH]2)C1. The molecule has 1 aliphatic rings. The summed E-state index contributed by atoms with van der Waals surface area (Å²) < 4.78 is 13.3. The lowest BCUT2D eigenvalue weighted by atomic mass is 9.93. The van der Waals surface area contributed by atoms with E-state index in [1.807, 2.05) is 17.0 Å². The molecule has 5 nitrogen and oxygen atoms in total. The van der Waals surface area contributed by atoms with Gasteiger partial charge in [0.25, 0.3) is 5.56 Å². The van der Waals surface area contributed by atoms with Crippen molar-refractivity contribution in [2.45, 2.75) is 25.2 Å². The van der Waals surface area contributed by atoms with E-state index >= 15 is 0 Å². The molecular weight excluding hydrogens is 345 g/mol. The average molecular weight is 365 g/mol. The van der Waals surface area contributed by atoms with Gasteiger partial charge >= 0.3 is 0 Å². The van der Waals surface area contributed by atoms with Crippen molar-refractivity contribution < 1.29 is 9.18 Å². The number of piperidine rings is 1. The minimum atomic E-state index is -0.334. The highest BCUT2D eigenvalue weighted by Gasteiger charge is 2.25. The van der Waals surface area contributed by atoms with Crippen LogP contribution in [0.5, 0.6) is 0 Å². The Balaban J connectivity index is 1.52. The van der Waals surface area contributed by atoms with Crippen LogP contribution in [0.15, 0.2) is 53.5 Å². The molecule has 1 N–H and O–H groups in total. The molecule has 1 aromatic carbocycles. The van der Waals surface area contributed by atoms with E-state index in [1.54, 1.807) is 24.4 Å². The maximum Gasteiger partial charge on any atom is 0.274 e. The number of rotatable bonds is 3. The van der Waals surface area contributed by atoms with Gasteiger partial charge in [0, 0.05) is 36.3 Å². The molecule has 1 fully saturated rings. The predicted molar refractivity (Wildman–Crippen MR) is 101 cm³/mol. The predicted octanol–water partition coefficient (Wildman–Crippen LogP) is 3.01. The van der Waals surface area contributed by atoms with E-state index in [-0.39, 0.29) is 29.6 Å². The second-order valence-corrected chi connectivity index (χ2v) is 6.98. The summed E-state index contributed by atoms with van der Waals surface area (Å²) in [5, 5.41) is 0.805. The Hall–Kier alpha value is -3.02. The molecule has 4 rings (SSSR count). The van der Waals surface area contributed by atoms with Gasteiger partial charge in [-0.2, -0.15) is 0 Å². The lowest BCUT2D eigenvalue weighted by molar-refractivity contribution is -0.131. The smallest absolute Gasteiger partial charge is 0.274 e. The molecule has 138 valence electrons. The van der Waals surface area contributed by atoms with Crippen LogP contribution in [0.25, 0.3) is 10.9 Å². The molecule has 0 spiro atoms. The van der Waals surface area contributed by atoms with Crippen LogP contribution in [0.3, 0.4) is 0 Å². The van der Waals surface area contributed by atoms with Gasteiger partial charge in [-0.15, -0.1) is 0 Å². The number of likely N-dealkylation sites (tertiary alicyclic amines) is 1. The van der Waals surface area contributed by atoms with Gasteiger partial charge in [0.05, 0.1) is 6.42 Å². The second-order valence-electron chi connectivity index (χ2n) is 6.98. The van der Waals surface area contributed by atoms with Gasteiger partial charge < -0.3 is 9.88 Å². The quantitative estimate of drug-likeness (QED) is 0.776. The maximum absolute atomic E-state index is 13.3. The van der Waals surface area contributed by atoms with Crippen molar-refractivity contribution in [3.8, 4) is 0 Å². The van der Waals surface area contributed by atoms with Gasteiger partial charge in [0.1, 0.15) is 11.3 Å². The number of carbonyl (C=O) groups is 1. The molecule has 3 heterocycles. The summed E-state index contributed by atoms with van der Waals surface area (Å²) in [6, 6.07) is 11.8. The van der Waals surface area contributed by atoms with Crippen LogP contribution in [0.1, 0.15) is 30.0 Å². The number of halogens is 1. The molecule has 1 unspecified atom stereocenters. The molecule has 0 saturated carbocycles. The van der Waals surface area contributed by atoms with Crippen molar-refractivity contribution in [1.29, 1.82) is 0 Å². The minimum Gasteiger partial charge on any atom is -0.342 e. The third-order valence-corrected chi connectivity index (χ3v) is 5.08. The van der Waals surface area contributed by atoms with Crippen molar-refractivity contribution in [2.24, 2.45) is 0 Å². The monoisotopic (exact) mass is 365 g/mol. The molecule has 1 saturated heterocycles. The molecule has 0 radical (unpaired) electrons. The number of benzene rings is 1. The van der Waals surface area contributed by atoms with Crippen molar-refractivity contribution in [3.05, 3.63) is 76.1 Å². The number of aromatic nitrogens is 2. The Labute approximate surface area is 155 Å². The Morgan fingerprint density at radius 1 is 1.26 bits per heavy atom. The van der Waals surface area contributed by atoms with E-state index in [1.165, 1.54) is 12.1 Å². The fourth-order valence-electron chi connectivity index (χ4n) is 3.73. The summed E-state index contributed by atoms with van der Waals surface area (Å²) in [6.45, 7) is 1.24. The Kier molecular flexibility index (Phi) is 4.71. The number of carbonyl (C=O) groups excluding carboxylic acids is 1. The number of hydrogen-bond acceptors (Lipinski definition) is 3. The number of nitrogens with one attached hydrogen (secondary N) is 1. The minimum absolute atomic E-state index is 0.0184. The van der Waals surface area contributed by atoms with Gasteiger partial charge in [-0.1, -0.05) is 18.2 Å². The summed E-state index contributed by atoms with van der Waals surface area (Å²) in [7, 11) is 0. The summed E-state index contributed by atoms with van der Waals surface area (Å²) in [5.41, 5.74) is 1.73. The zero-order valence-electron chi connectivity index (χ0n) is 14.8. The number of nitrogens with zero attached hydrogens (tertiary/aromatic N) is 2. The largest absolute Gasteiger partial charge is 0.342 e. The average Bonchev–Trinajstić information content (AvgIpc) is 2.68. The number of fused-ring (bicyclic) bond motifs is 1.